The maximum atomic E-state index is 12.6. The Labute approximate surface area is 242 Å². The molecule has 4 aromatic carbocycles. The highest BCUT2D eigenvalue weighted by molar-refractivity contribution is 9.10. The van der Waals surface area contributed by atoms with E-state index in [1.165, 1.54) is 0 Å². The second kappa shape index (κ2) is 11.6. The fourth-order valence-corrected chi connectivity index (χ4v) is 5.22. The number of hydrogen-bond acceptors (Lipinski definition) is 6. The zero-order valence-electron chi connectivity index (χ0n) is 22.1. The Morgan fingerprint density at radius 3 is 2.42 bits per heavy atom. The van der Waals surface area contributed by atoms with Crippen molar-refractivity contribution in [3.05, 3.63) is 124 Å². The largest absolute Gasteiger partial charge is 0.494 e. The fraction of sp³-hybridized carbons (Fsp3) is 0.212. The second-order valence-corrected chi connectivity index (χ2v) is 10.8. The van der Waals surface area contributed by atoms with Crippen LogP contribution in [0.25, 0.3) is 0 Å². The van der Waals surface area contributed by atoms with Gasteiger partial charge in [-0.05, 0) is 90.8 Å². The quantitative estimate of drug-likeness (QED) is 0.117. The third-order valence-electron chi connectivity index (χ3n) is 7.11. The molecule has 7 heteroatoms. The first-order chi connectivity index (χ1) is 19.6. The van der Waals surface area contributed by atoms with Gasteiger partial charge in [-0.25, -0.2) is 9.80 Å². The molecule has 2 atom stereocenters. The minimum absolute atomic E-state index is 0.0559. The average Bonchev–Trinajstić information content (AvgIpc) is 3.44. The Morgan fingerprint density at radius 1 is 0.950 bits per heavy atom. The van der Waals surface area contributed by atoms with E-state index in [-0.39, 0.29) is 6.04 Å². The van der Waals surface area contributed by atoms with E-state index in [4.69, 9.17) is 19.3 Å². The molecule has 0 amide bonds. The summed E-state index contributed by atoms with van der Waals surface area (Å²) in [4.78, 5) is 12.6. The van der Waals surface area contributed by atoms with Gasteiger partial charge in [0.1, 0.15) is 17.2 Å². The third kappa shape index (κ3) is 5.47. The van der Waals surface area contributed by atoms with Gasteiger partial charge in [-0.2, -0.15) is 5.10 Å². The maximum absolute atomic E-state index is 12.6. The van der Waals surface area contributed by atoms with Crippen molar-refractivity contribution in [2.75, 3.05) is 6.61 Å². The van der Waals surface area contributed by atoms with Gasteiger partial charge < -0.3 is 14.2 Å². The first-order valence-corrected chi connectivity index (χ1v) is 14.3. The summed E-state index contributed by atoms with van der Waals surface area (Å²) < 4.78 is 18.8. The molecule has 0 saturated carbocycles. The number of carbonyl (C=O) groups excluding carboxylic acids is 1. The molecule has 6 rings (SSSR count). The van der Waals surface area contributed by atoms with Crippen LogP contribution in [0, 0.1) is 0 Å². The van der Waals surface area contributed by atoms with E-state index in [1.807, 2.05) is 59.6 Å². The summed E-state index contributed by atoms with van der Waals surface area (Å²) in [5, 5.41) is 7.10. The number of nitrogens with zero attached hydrogens (tertiary/aromatic N) is 2. The normalized spacial score (nSPS) is 17.4. The van der Waals surface area contributed by atoms with E-state index >= 15 is 0 Å². The van der Waals surface area contributed by atoms with Gasteiger partial charge in [-0.15, -0.1) is 0 Å². The highest BCUT2D eigenvalue weighted by atomic mass is 79.9. The first kappa shape index (κ1) is 26.1. The lowest BCUT2D eigenvalue weighted by Gasteiger charge is -2.38. The van der Waals surface area contributed by atoms with Crippen molar-refractivity contribution >= 4 is 27.6 Å². The van der Waals surface area contributed by atoms with E-state index < -0.39 is 12.2 Å². The number of fused-ring (bicyclic) bond motifs is 3. The van der Waals surface area contributed by atoms with Crippen molar-refractivity contribution < 1.29 is 19.0 Å². The topological polar surface area (TPSA) is 60.4 Å². The smallest absolute Gasteiger partial charge is 0.343 e. The van der Waals surface area contributed by atoms with Crippen molar-refractivity contribution in [2.45, 2.75) is 38.5 Å². The summed E-state index contributed by atoms with van der Waals surface area (Å²) in [5.41, 5.74) is 4.62. The van der Waals surface area contributed by atoms with Crippen molar-refractivity contribution in [3.63, 3.8) is 0 Å². The lowest BCUT2D eigenvalue weighted by molar-refractivity contribution is -0.0190. The Morgan fingerprint density at radius 2 is 1.68 bits per heavy atom. The van der Waals surface area contributed by atoms with Crippen LogP contribution in [0.1, 0.15) is 65.5 Å². The predicted octanol–water partition coefficient (Wildman–Crippen LogP) is 8.09. The van der Waals surface area contributed by atoms with Crippen LogP contribution in [0.2, 0.25) is 0 Å². The summed E-state index contributed by atoms with van der Waals surface area (Å²) in [6.45, 7) is 2.88. The molecule has 0 aromatic heterocycles. The number of para-hydroxylation sites is 1. The van der Waals surface area contributed by atoms with Gasteiger partial charge in [0.15, 0.2) is 0 Å². The summed E-state index contributed by atoms with van der Waals surface area (Å²) in [6.07, 6.45) is 2.51. The molecule has 2 aliphatic rings. The van der Waals surface area contributed by atoms with Gasteiger partial charge in [0.25, 0.3) is 0 Å². The Hall–Kier alpha value is -4.10. The number of benzene rings is 4. The zero-order chi connectivity index (χ0) is 27.5. The van der Waals surface area contributed by atoms with Crippen LogP contribution in [-0.4, -0.2) is 23.3 Å². The maximum Gasteiger partial charge on any atom is 0.343 e. The number of hydrogen-bond donors (Lipinski definition) is 0. The van der Waals surface area contributed by atoms with Crippen LogP contribution < -0.4 is 14.2 Å². The van der Waals surface area contributed by atoms with E-state index in [0.717, 1.165) is 64.2 Å². The van der Waals surface area contributed by atoms with Crippen LogP contribution in [0.4, 0.5) is 0 Å². The highest BCUT2D eigenvalue weighted by Gasteiger charge is 2.40. The van der Waals surface area contributed by atoms with E-state index in [1.54, 1.807) is 24.3 Å². The number of ether oxygens (including phenoxy) is 3. The molecular weight excluding hydrogens is 568 g/mol. The molecule has 0 radical (unpaired) electrons. The van der Waals surface area contributed by atoms with E-state index in [9.17, 15) is 4.79 Å². The Balaban J connectivity index is 1.23. The standard InChI is InChI=1S/C33H29BrN2O4/c1-2-3-20-38-26-16-10-22(11-17-26)29-21-30-28-6-4-5-7-31(28)40-32(36(30)35-29)23-12-18-27(19-13-23)39-33(37)24-8-14-25(34)15-9-24/h4-19,30,32H,2-3,20-21H2,1H3/t30-,32-/m0/s1. The molecule has 2 heterocycles. The fourth-order valence-electron chi connectivity index (χ4n) is 4.96. The molecule has 6 nitrogen and oxygen atoms in total. The number of hydrazone groups is 1. The van der Waals surface area contributed by atoms with Gasteiger partial charge in [0, 0.05) is 22.0 Å². The van der Waals surface area contributed by atoms with Crippen molar-refractivity contribution in [1.82, 2.24) is 5.01 Å². The average molecular weight is 598 g/mol. The molecule has 0 N–H and O–H groups in total. The van der Waals surface area contributed by atoms with E-state index in [2.05, 4.69) is 41.1 Å². The van der Waals surface area contributed by atoms with Gasteiger partial charge in [0.05, 0.1) is 23.9 Å². The summed E-state index contributed by atoms with van der Waals surface area (Å²) in [6, 6.07) is 30.9. The van der Waals surface area contributed by atoms with Gasteiger partial charge in [-0.1, -0.05) is 47.5 Å². The molecule has 0 bridgehead atoms. The molecular formula is C33H29BrN2O4. The molecule has 0 fully saturated rings. The van der Waals surface area contributed by atoms with Crippen LogP contribution in [0.3, 0.4) is 0 Å². The summed E-state index contributed by atoms with van der Waals surface area (Å²) >= 11 is 3.38. The monoisotopic (exact) mass is 596 g/mol. The minimum Gasteiger partial charge on any atom is -0.494 e. The van der Waals surface area contributed by atoms with E-state index in [0.29, 0.717) is 11.3 Å². The predicted molar refractivity (Wildman–Crippen MR) is 158 cm³/mol. The molecule has 0 aliphatic carbocycles. The zero-order valence-corrected chi connectivity index (χ0v) is 23.7. The summed E-state index contributed by atoms with van der Waals surface area (Å²) in [7, 11) is 0. The number of rotatable bonds is 8. The van der Waals surface area contributed by atoms with Crippen molar-refractivity contribution in [1.29, 1.82) is 0 Å². The number of halogens is 1. The highest BCUT2D eigenvalue weighted by Crippen LogP contribution is 2.47. The number of unbranched alkanes of at least 4 members (excludes halogenated alkanes) is 1. The number of esters is 1. The van der Waals surface area contributed by atoms with Gasteiger partial charge in [0.2, 0.25) is 6.23 Å². The minimum atomic E-state index is -0.412. The van der Waals surface area contributed by atoms with Crippen LogP contribution >= 0.6 is 15.9 Å². The van der Waals surface area contributed by atoms with Crippen LogP contribution in [-0.2, 0) is 0 Å². The molecule has 0 spiro atoms. The Bertz CT molecular complexity index is 1520. The first-order valence-electron chi connectivity index (χ1n) is 13.5. The van der Waals surface area contributed by atoms with Crippen LogP contribution in [0.5, 0.6) is 17.2 Å². The molecule has 202 valence electrons. The van der Waals surface area contributed by atoms with Crippen LogP contribution in [0.15, 0.2) is 107 Å². The molecule has 4 aromatic rings. The molecule has 0 unspecified atom stereocenters. The van der Waals surface area contributed by atoms with Crippen molar-refractivity contribution in [3.8, 4) is 17.2 Å². The summed E-state index contributed by atoms with van der Waals surface area (Å²) in [5.74, 6) is 1.80. The SMILES string of the molecule is CCCCOc1ccc(C2=NN3[C@@H](C2)c2ccccc2O[C@H]3c2ccc(OC(=O)c3ccc(Br)cc3)cc2)cc1. The molecule has 40 heavy (non-hydrogen) atoms. The van der Waals surface area contributed by atoms with Crippen molar-refractivity contribution in [2.24, 2.45) is 5.10 Å². The number of carbonyl (C=O) groups is 1. The lowest BCUT2D eigenvalue weighted by atomic mass is 9.96. The second-order valence-electron chi connectivity index (χ2n) is 9.85. The van der Waals surface area contributed by atoms with Gasteiger partial charge in [-0.3, -0.25) is 0 Å². The third-order valence-corrected chi connectivity index (χ3v) is 7.64. The Kier molecular flexibility index (Phi) is 7.55. The molecule has 2 aliphatic heterocycles. The molecule has 0 saturated heterocycles. The lowest BCUT2D eigenvalue weighted by Crippen LogP contribution is -2.33. The van der Waals surface area contributed by atoms with Gasteiger partial charge >= 0.3 is 5.97 Å².